The molecule has 2 heterocycles. The van der Waals surface area contributed by atoms with Gasteiger partial charge in [0.05, 0.1) is 11.7 Å². The van der Waals surface area contributed by atoms with E-state index in [1.54, 1.807) is 16.4 Å². The van der Waals surface area contributed by atoms with Gasteiger partial charge in [0.1, 0.15) is 18.4 Å². The minimum absolute atomic E-state index is 0.228. The van der Waals surface area contributed by atoms with E-state index < -0.39 is 6.04 Å². The third-order valence-corrected chi connectivity index (χ3v) is 6.24. The van der Waals surface area contributed by atoms with E-state index in [1.165, 1.54) is 5.56 Å². The number of esters is 1. The maximum atomic E-state index is 13.1. The van der Waals surface area contributed by atoms with Gasteiger partial charge >= 0.3 is 5.97 Å². The fourth-order valence-corrected chi connectivity index (χ4v) is 4.41. The molecule has 4 rings (SSSR count). The van der Waals surface area contributed by atoms with Gasteiger partial charge in [0.2, 0.25) is 11.1 Å². The third kappa shape index (κ3) is 5.12. The van der Waals surface area contributed by atoms with Crippen molar-refractivity contribution in [2.75, 3.05) is 11.1 Å². The van der Waals surface area contributed by atoms with E-state index in [9.17, 15) is 4.79 Å². The Labute approximate surface area is 204 Å². The van der Waals surface area contributed by atoms with Crippen LogP contribution in [0.3, 0.4) is 0 Å². The molecule has 1 unspecified atom stereocenters. The van der Waals surface area contributed by atoms with E-state index in [0.29, 0.717) is 29.0 Å². The number of nitrogens with zero attached hydrogens (tertiary/aromatic N) is 3. The number of nitrogens with one attached hydrogen (secondary N) is 1. The smallest absolute Gasteiger partial charge is 0.338 e. The Morgan fingerprint density at radius 3 is 2.56 bits per heavy atom. The maximum absolute atomic E-state index is 13.1. The summed E-state index contributed by atoms with van der Waals surface area (Å²) in [5.74, 6) is 1.86. The Morgan fingerprint density at radius 1 is 1.15 bits per heavy atom. The van der Waals surface area contributed by atoms with Crippen molar-refractivity contribution in [3.05, 3.63) is 76.5 Å². The molecule has 178 valence electrons. The minimum Gasteiger partial charge on any atom is -0.489 e. The van der Waals surface area contributed by atoms with Crippen molar-refractivity contribution in [1.82, 2.24) is 14.8 Å². The van der Waals surface area contributed by atoms with Crippen LogP contribution in [0.1, 0.15) is 50.4 Å². The van der Waals surface area contributed by atoms with Crippen LogP contribution in [0, 0.1) is 6.92 Å². The summed E-state index contributed by atoms with van der Waals surface area (Å²) in [6.07, 6.45) is -0.228. The van der Waals surface area contributed by atoms with Crippen molar-refractivity contribution < 1.29 is 14.3 Å². The first kappa shape index (κ1) is 23.9. The third-order valence-electron chi connectivity index (χ3n) is 5.52. The van der Waals surface area contributed by atoms with E-state index in [2.05, 4.69) is 41.4 Å². The summed E-state index contributed by atoms with van der Waals surface area (Å²) in [4.78, 5) is 17.7. The molecule has 2 aromatic carbocycles. The number of hydrogen-bond acceptors (Lipinski definition) is 7. The number of carbonyl (C=O) groups is 1. The predicted octanol–water partition coefficient (Wildman–Crippen LogP) is 5.52. The summed E-state index contributed by atoms with van der Waals surface area (Å²) in [5, 5.41) is 8.58. The quantitative estimate of drug-likeness (QED) is 0.337. The Kier molecular flexibility index (Phi) is 7.26. The molecule has 34 heavy (non-hydrogen) atoms. The van der Waals surface area contributed by atoms with Crippen molar-refractivity contribution in [3.8, 4) is 5.75 Å². The molecule has 0 aliphatic carbocycles. The fourth-order valence-electron chi connectivity index (χ4n) is 3.85. The van der Waals surface area contributed by atoms with Crippen LogP contribution in [0.4, 0.5) is 5.95 Å². The molecule has 0 saturated heterocycles. The molecule has 3 aromatic rings. The van der Waals surface area contributed by atoms with Crippen molar-refractivity contribution in [1.29, 1.82) is 0 Å². The normalized spacial score (nSPS) is 15.2. The number of benzene rings is 2. The lowest BCUT2D eigenvalue weighted by molar-refractivity contribution is -0.143. The highest BCUT2D eigenvalue weighted by atomic mass is 32.2. The summed E-state index contributed by atoms with van der Waals surface area (Å²) in [7, 11) is 0. The van der Waals surface area contributed by atoms with E-state index >= 15 is 0 Å². The second kappa shape index (κ2) is 10.3. The monoisotopic (exact) mass is 478 g/mol. The molecule has 1 atom stereocenters. The first-order chi connectivity index (χ1) is 16.4. The molecular weight excluding hydrogens is 448 g/mol. The average molecular weight is 479 g/mol. The Bertz CT molecular complexity index is 1200. The number of ether oxygens (including phenoxy) is 2. The largest absolute Gasteiger partial charge is 0.489 e. The van der Waals surface area contributed by atoms with Crippen LogP contribution in [0.25, 0.3) is 0 Å². The van der Waals surface area contributed by atoms with E-state index in [1.807, 2.05) is 57.2 Å². The Balaban J connectivity index is 1.65. The molecule has 1 aromatic heterocycles. The van der Waals surface area contributed by atoms with Crippen molar-refractivity contribution in [2.24, 2.45) is 0 Å². The van der Waals surface area contributed by atoms with Crippen LogP contribution in [0.5, 0.6) is 5.75 Å². The van der Waals surface area contributed by atoms with Gasteiger partial charge in [-0.1, -0.05) is 55.1 Å². The molecular formula is C26H30N4O3S. The van der Waals surface area contributed by atoms with Gasteiger partial charge in [0, 0.05) is 5.70 Å². The number of aromatic nitrogens is 3. The number of hydrogen-bond donors (Lipinski definition) is 1. The highest BCUT2D eigenvalue weighted by Crippen LogP contribution is 2.37. The van der Waals surface area contributed by atoms with Gasteiger partial charge in [0.25, 0.3) is 0 Å². The van der Waals surface area contributed by atoms with Crippen molar-refractivity contribution in [3.63, 3.8) is 0 Å². The summed E-state index contributed by atoms with van der Waals surface area (Å²) >= 11 is 1.56. The zero-order chi connectivity index (χ0) is 24.2. The lowest BCUT2D eigenvalue weighted by Crippen LogP contribution is -2.30. The van der Waals surface area contributed by atoms with Gasteiger partial charge < -0.3 is 14.8 Å². The van der Waals surface area contributed by atoms with Gasteiger partial charge in [-0.2, -0.15) is 4.98 Å². The molecule has 8 heteroatoms. The first-order valence-electron chi connectivity index (χ1n) is 11.4. The fraction of sp³-hybridized carbons (Fsp3) is 0.346. The van der Waals surface area contributed by atoms with Gasteiger partial charge in [-0.15, -0.1) is 5.10 Å². The number of fused-ring (bicyclic) bond motifs is 1. The zero-order valence-corrected chi connectivity index (χ0v) is 21.0. The van der Waals surface area contributed by atoms with Gasteiger partial charge in [-0.3, -0.25) is 0 Å². The second-order valence-corrected chi connectivity index (χ2v) is 9.63. The topological polar surface area (TPSA) is 78.3 Å². The SMILES string of the molecule is CCSc1nc2n(n1)C(c1ccc(OCc3ccccc3C)cc1)C(C(=O)OC(C)C)=C(C)N2. The van der Waals surface area contributed by atoms with Crippen LogP contribution < -0.4 is 10.1 Å². The van der Waals surface area contributed by atoms with Crippen LogP contribution in [0.2, 0.25) is 0 Å². The molecule has 0 bridgehead atoms. The van der Waals surface area contributed by atoms with Gasteiger partial charge in [-0.05, 0) is 62.3 Å². The molecule has 1 N–H and O–H groups in total. The van der Waals surface area contributed by atoms with Gasteiger partial charge in [-0.25, -0.2) is 9.48 Å². The van der Waals surface area contributed by atoms with Crippen LogP contribution in [-0.2, 0) is 16.1 Å². The summed E-state index contributed by atoms with van der Waals surface area (Å²) < 4.78 is 13.4. The maximum Gasteiger partial charge on any atom is 0.338 e. The Morgan fingerprint density at radius 2 is 1.88 bits per heavy atom. The van der Waals surface area contributed by atoms with E-state index in [0.717, 1.165) is 22.6 Å². The number of carbonyl (C=O) groups excluding carboxylic acids is 1. The van der Waals surface area contributed by atoms with Crippen LogP contribution >= 0.6 is 11.8 Å². The molecule has 7 nitrogen and oxygen atoms in total. The number of thioether (sulfide) groups is 1. The average Bonchev–Trinajstić information content (AvgIpc) is 3.19. The first-order valence-corrected chi connectivity index (χ1v) is 12.4. The molecule has 0 fully saturated rings. The highest BCUT2D eigenvalue weighted by molar-refractivity contribution is 7.99. The molecule has 0 radical (unpaired) electrons. The number of allylic oxidation sites excluding steroid dienone is 1. The van der Waals surface area contributed by atoms with Crippen LogP contribution in [0.15, 0.2) is 65.0 Å². The summed E-state index contributed by atoms with van der Waals surface area (Å²) in [6.45, 7) is 10.2. The zero-order valence-electron chi connectivity index (χ0n) is 20.2. The second-order valence-electron chi connectivity index (χ2n) is 8.40. The molecule has 0 spiro atoms. The molecule has 1 aliphatic heterocycles. The van der Waals surface area contributed by atoms with E-state index in [-0.39, 0.29) is 12.1 Å². The van der Waals surface area contributed by atoms with Crippen LogP contribution in [-0.4, -0.2) is 32.6 Å². The van der Waals surface area contributed by atoms with Crippen molar-refractivity contribution >= 4 is 23.7 Å². The highest BCUT2D eigenvalue weighted by Gasteiger charge is 2.35. The standard InChI is InChI=1S/C26H30N4O3S/c1-6-34-26-28-25-27-18(5)22(24(31)33-16(2)3)23(30(25)29-26)19-11-13-21(14-12-19)32-15-20-10-8-7-9-17(20)4/h7-14,16,23H,6,15H2,1-5H3,(H,27,28,29). The summed E-state index contributed by atoms with van der Waals surface area (Å²) in [5.41, 5.74) is 4.48. The summed E-state index contributed by atoms with van der Waals surface area (Å²) in [6, 6.07) is 15.5. The molecule has 1 aliphatic rings. The lowest BCUT2D eigenvalue weighted by Gasteiger charge is -2.28. The lowest BCUT2D eigenvalue weighted by atomic mass is 9.95. The minimum atomic E-state index is -0.452. The molecule has 0 amide bonds. The number of rotatable bonds is 8. The van der Waals surface area contributed by atoms with E-state index in [4.69, 9.17) is 9.47 Å². The molecule has 0 saturated carbocycles. The number of aryl methyl sites for hydroxylation is 1. The van der Waals surface area contributed by atoms with Gasteiger partial charge in [0.15, 0.2) is 0 Å². The van der Waals surface area contributed by atoms with Crippen molar-refractivity contribution in [2.45, 2.75) is 58.5 Å². The number of anilines is 1. The predicted molar refractivity (Wildman–Crippen MR) is 134 cm³/mol. The Hall–Kier alpha value is -3.26.